The Morgan fingerprint density at radius 1 is 0.581 bits per heavy atom. The summed E-state index contributed by atoms with van der Waals surface area (Å²) in [6.45, 7) is 0. The van der Waals surface area contributed by atoms with Gasteiger partial charge < -0.3 is 16.8 Å². The van der Waals surface area contributed by atoms with Gasteiger partial charge >= 0.3 is 0 Å². The number of anilines is 4. The minimum Gasteiger partial charge on any atom is -0.398 e. The van der Waals surface area contributed by atoms with Gasteiger partial charge in [-0.25, -0.2) is 0 Å². The standard InChI is InChI=1S/C26H19N3O11S3/c27-16-9-6-13(10-19(16)42(35,36)37)12-4-7-14(8-5-12)29-17-11-20(43(38,39)40)24(28)23-22(17)26(31)21-15(25(23)30)2-1-3-18(21)41(32,33)34/h1-11,29H,27-28H2,(H,32,33,34)(H,35,36,37)(H,38,39,40). The molecule has 1 aliphatic rings. The number of ketones is 2. The molecule has 0 fully saturated rings. The Balaban J connectivity index is 1.66. The smallest absolute Gasteiger partial charge is 0.296 e. The SMILES string of the molecule is Nc1ccc(-c2ccc(Nc3cc(S(=O)(=O)O)c(N)c4c3C(=O)c3c(cccc3S(=O)(=O)O)C4=O)cc2)cc1S(=O)(=O)O. The maximum atomic E-state index is 13.7. The number of hydrogen-bond acceptors (Lipinski definition) is 11. The van der Waals surface area contributed by atoms with Gasteiger partial charge in [-0.3, -0.25) is 23.2 Å². The number of carbonyl (C=O) groups is 2. The zero-order chi connectivity index (χ0) is 31.6. The third-order valence-electron chi connectivity index (χ3n) is 6.63. The average Bonchev–Trinajstić information content (AvgIpc) is 2.91. The molecule has 0 atom stereocenters. The second kappa shape index (κ2) is 9.97. The lowest BCUT2D eigenvalue weighted by Crippen LogP contribution is -2.27. The van der Waals surface area contributed by atoms with Crippen molar-refractivity contribution in [3.8, 4) is 11.1 Å². The lowest BCUT2D eigenvalue weighted by atomic mass is 9.82. The maximum absolute atomic E-state index is 13.7. The van der Waals surface area contributed by atoms with Gasteiger partial charge in [-0.1, -0.05) is 30.3 Å². The number of nitrogen functional groups attached to an aromatic ring is 2. The van der Waals surface area contributed by atoms with Crippen LogP contribution in [0.1, 0.15) is 31.8 Å². The summed E-state index contributed by atoms with van der Waals surface area (Å²) in [7, 11) is -14.6. The van der Waals surface area contributed by atoms with Crippen LogP contribution in [0.15, 0.2) is 81.4 Å². The molecule has 43 heavy (non-hydrogen) atoms. The summed E-state index contributed by atoms with van der Waals surface area (Å²) in [5.41, 5.74) is 9.06. The first-order valence-electron chi connectivity index (χ1n) is 11.8. The monoisotopic (exact) mass is 645 g/mol. The van der Waals surface area contributed by atoms with Gasteiger partial charge in [0.2, 0.25) is 0 Å². The van der Waals surface area contributed by atoms with Crippen molar-refractivity contribution >= 4 is 64.7 Å². The van der Waals surface area contributed by atoms with E-state index in [0.717, 1.165) is 30.3 Å². The second-order valence-corrected chi connectivity index (χ2v) is 13.5. The Morgan fingerprint density at radius 3 is 1.74 bits per heavy atom. The molecule has 17 heteroatoms. The zero-order valence-corrected chi connectivity index (χ0v) is 23.8. The molecule has 0 heterocycles. The Morgan fingerprint density at radius 2 is 1.16 bits per heavy atom. The van der Waals surface area contributed by atoms with E-state index in [2.05, 4.69) is 5.32 Å². The van der Waals surface area contributed by atoms with Gasteiger partial charge in [-0.05, 0) is 47.5 Å². The molecule has 5 rings (SSSR count). The van der Waals surface area contributed by atoms with Gasteiger partial charge in [0.25, 0.3) is 30.4 Å². The van der Waals surface area contributed by atoms with Crippen molar-refractivity contribution in [2.24, 2.45) is 0 Å². The fourth-order valence-corrected chi connectivity index (χ4v) is 6.72. The summed E-state index contributed by atoms with van der Waals surface area (Å²) < 4.78 is 101. The van der Waals surface area contributed by atoms with E-state index < -0.39 is 84.5 Å². The first-order chi connectivity index (χ1) is 19.9. The molecule has 0 saturated heterocycles. The molecule has 0 radical (unpaired) electrons. The van der Waals surface area contributed by atoms with Crippen molar-refractivity contribution in [2.75, 3.05) is 16.8 Å². The van der Waals surface area contributed by atoms with Crippen molar-refractivity contribution in [1.82, 2.24) is 0 Å². The Bertz CT molecular complexity index is 2230. The van der Waals surface area contributed by atoms with Crippen molar-refractivity contribution < 1.29 is 48.5 Å². The quantitative estimate of drug-likeness (QED) is 0.115. The van der Waals surface area contributed by atoms with Crippen LogP contribution in [0.25, 0.3) is 11.1 Å². The number of hydrogen-bond donors (Lipinski definition) is 6. The third-order valence-corrected chi connectivity index (χ3v) is 9.33. The van der Waals surface area contributed by atoms with Crippen LogP contribution in [0, 0.1) is 0 Å². The van der Waals surface area contributed by atoms with Gasteiger partial charge in [0, 0.05) is 11.3 Å². The molecule has 4 aromatic rings. The van der Waals surface area contributed by atoms with Gasteiger partial charge in [-0.2, -0.15) is 25.3 Å². The molecule has 0 spiro atoms. The van der Waals surface area contributed by atoms with E-state index in [1.54, 1.807) is 0 Å². The van der Waals surface area contributed by atoms with Crippen molar-refractivity contribution in [2.45, 2.75) is 14.7 Å². The molecule has 0 amide bonds. The van der Waals surface area contributed by atoms with Gasteiger partial charge in [-0.15, -0.1) is 0 Å². The minimum atomic E-state index is -5.04. The maximum Gasteiger partial charge on any atom is 0.296 e. The molecule has 8 N–H and O–H groups in total. The third kappa shape index (κ3) is 5.24. The van der Waals surface area contributed by atoms with Gasteiger partial charge in [0.15, 0.2) is 11.6 Å². The molecule has 0 aromatic heterocycles. The summed E-state index contributed by atoms with van der Waals surface area (Å²) in [5, 5.41) is 2.76. The van der Waals surface area contributed by atoms with Crippen LogP contribution < -0.4 is 16.8 Å². The lowest BCUT2D eigenvalue weighted by molar-refractivity contribution is 0.0977. The normalized spacial score (nSPS) is 13.4. The number of nitrogens with two attached hydrogens (primary N) is 2. The molecule has 0 unspecified atom stereocenters. The summed E-state index contributed by atoms with van der Waals surface area (Å²) in [6, 6.07) is 13.7. The van der Waals surface area contributed by atoms with Crippen LogP contribution >= 0.6 is 0 Å². The first kappa shape index (κ1) is 29.8. The van der Waals surface area contributed by atoms with E-state index >= 15 is 0 Å². The van der Waals surface area contributed by atoms with E-state index in [-0.39, 0.29) is 17.1 Å². The molecule has 0 saturated carbocycles. The molecule has 222 valence electrons. The summed E-state index contributed by atoms with van der Waals surface area (Å²) in [6.07, 6.45) is 0. The molecular formula is C26H19N3O11S3. The van der Waals surface area contributed by atoms with E-state index in [1.807, 2.05) is 0 Å². The largest absolute Gasteiger partial charge is 0.398 e. The Labute approximate surface area is 244 Å². The Kier molecular flexibility index (Phi) is 6.92. The predicted octanol–water partition coefficient (Wildman–Crippen LogP) is 2.78. The number of rotatable bonds is 6. The minimum absolute atomic E-state index is 0.176. The van der Waals surface area contributed by atoms with Crippen LogP contribution in [0.5, 0.6) is 0 Å². The van der Waals surface area contributed by atoms with E-state index in [1.165, 1.54) is 36.4 Å². The lowest BCUT2D eigenvalue weighted by Gasteiger charge is -2.24. The van der Waals surface area contributed by atoms with Crippen LogP contribution in [0.2, 0.25) is 0 Å². The number of fused-ring (bicyclic) bond motifs is 2. The van der Waals surface area contributed by atoms with E-state index in [9.17, 15) is 48.5 Å². The summed E-state index contributed by atoms with van der Waals surface area (Å²) >= 11 is 0. The van der Waals surface area contributed by atoms with Crippen LogP contribution in [0.4, 0.5) is 22.7 Å². The predicted molar refractivity (Wildman–Crippen MR) is 153 cm³/mol. The summed E-state index contributed by atoms with van der Waals surface area (Å²) in [5.74, 6) is -2.11. The summed E-state index contributed by atoms with van der Waals surface area (Å²) in [4.78, 5) is 24.9. The Hall–Kier alpha value is -4.65. The molecule has 0 aliphatic heterocycles. The molecule has 1 aliphatic carbocycles. The van der Waals surface area contributed by atoms with E-state index in [4.69, 9.17) is 11.5 Å². The fourth-order valence-electron chi connectivity index (χ4n) is 4.73. The highest BCUT2D eigenvalue weighted by atomic mass is 32.2. The zero-order valence-electron chi connectivity index (χ0n) is 21.3. The first-order valence-corrected chi connectivity index (χ1v) is 16.1. The van der Waals surface area contributed by atoms with Gasteiger partial charge in [0.1, 0.15) is 14.7 Å². The van der Waals surface area contributed by atoms with E-state index in [0.29, 0.717) is 11.1 Å². The number of nitrogens with one attached hydrogen (secondary N) is 1. The molecule has 4 aromatic carbocycles. The van der Waals surface area contributed by atoms with Crippen LogP contribution in [0.3, 0.4) is 0 Å². The fraction of sp³-hybridized carbons (Fsp3) is 0. The second-order valence-electron chi connectivity index (χ2n) is 9.30. The topological polar surface area (TPSA) is 261 Å². The molecular weight excluding hydrogens is 626 g/mol. The average molecular weight is 646 g/mol. The highest BCUT2D eigenvalue weighted by molar-refractivity contribution is 7.86. The highest BCUT2D eigenvalue weighted by Crippen LogP contribution is 2.41. The number of carbonyl (C=O) groups excluding carboxylic acids is 2. The van der Waals surface area contributed by atoms with Crippen molar-refractivity contribution in [1.29, 1.82) is 0 Å². The van der Waals surface area contributed by atoms with Crippen LogP contribution in [-0.4, -0.2) is 50.5 Å². The van der Waals surface area contributed by atoms with Crippen molar-refractivity contribution in [3.05, 3.63) is 89.0 Å². The van der Waals surface area contributed by atoms with Crippen molar-refractivity contribution in [3.63, 3.8) is 0 Å². The molecule has 0 bridgehead atoms. The highest BCUT2D eigenvalue weighted by Gasteiger charge is 2.39. The van der Waals surface area contributed by atoms with Crippen LogP contribution in [-0.2, 0) is 30.4 Å². The molecule has 14 nitrogen and oxygen atoms in total. The van der Waals surface area contributed by atoms with Gasteiger partial charge in [0.05, 0.1) is 33.8 Å². The number of benzene rings is 4.